The Morgan fingerprint density at radius 2 is 2.38 bits per heavy atom. The Kier molecular flexibility index (Phi) is 4.02. The molecular weight excluding hydrogens is 212 g/mol. The number of aromatic carboxylic acids is 1. The highest BCUT2D eigenvalue weighted by molar-refractivity contribution is 5.97. The summed E-state index contributed by atoms with van der Waals surface area (Å²) in [5.74, 6) is -1.23. The first-order valence-corrected chi connectivity index (χ1v) is 4.38. The van der Waals surface area contributed by atoms with Crippen molar-refractivity contribution in [3.63, 3.8) is 0 Å². The number of ether oxygens (including phenoxy) is 1. The average Bonchev–Trinajstić information content (AvgIpc) is 2.27. The van der Waals surface area contributed by atoms with Crippen LogP contribution in [0.25, 0.3) is 0 Å². The van der Waals surface area contributed by atoms with Gasteiger partial charge in [0, 0.05) is 6.20 Å². The summed E-state index contributed by atoms with van der Waals surface area (Å²) in [4.78, 5) is 25.6. The van der Waals surface area contributed by atoms with E-state index in [1.54, 1.807) is 0 Å². The number of nitrogens with zero attached hydrogens (tertiary/aromatic N) is 1. The van der Waals surface area contributed by atoms with Gasteiger partial charge in [-0.3, -0.25) is 5.32 Å². The van der Waals surface area contributed by atoms with Crippen LogP contribution in [0.3, 0.4) is 0 Å². The summed E-state index contributed by atoms with van der Waals surface area (Å²) in [7, 11) is 0. The molecule has 84 valence electrons. The zero-order valence-electron chi connectivity index (χ0n) is 8.34. The molecule has 0 bridgehead atoms. The molecule has 0 atom stereocenters. The second-order valence-electron chi connectivity index (χ2n) is 2.72. The van der Waals surface area contributed by atoms with Crippen molar-refractivity contribution >= 4 is 17.9 Å². The zero-order valence-corrected chi connectivity index (χ0v) is 8.34. The van der Waals surface area contributed by atoms with Crippen LogP contribution >= 0.6 is 0 Å². The molecule has 1 aromatic rings. The third-order valence-corrected chi connectivity index (χ3v) is 1.59. The Morgan fingerprint density at radius 3 is 3.00 bits per heavy atom. The van der Waals surface area contributed by atoms with Gasteiger partial charge in [0.2, 0.25) is 0 Å². The van der Waals surface area contributed by atoms with Crippen LogP contribution < -0.4 is 5.32 Å². The summed E-state index contributed by atoms with van der Waals surface area (Å²) in [5, 5.41) is 11.0. The summed E-state index contributed by atoms with van der Waals surface area (Å²) < 4.78 is 4.63. The molecule has 0 radical (unpaired) electrons. The molecule has 0 aliphatic carbocycles. The van der Waals surface area contributed by atoms with E-state index in [0.717, 1.165) is 0 Å². The molecule has 16 heavy (non-hydrogen) atoms. The van der Waals surface area contributed by atoms with Crippen molar-refractivity contribution < 1.29 is 19.4 Å². The Labute approximate surface area is 91.6 Å². The maximum atomic E-state index is 11.1. The van der Waals surface area contributed by atoms with E-state index >= 15 is 0 Å². The third-order valence-electron chi connectivity index (χ3n) is 1.59. The smallest absolute Gasteiger partial charge is 0.413 e. The molecule has 1 heterocycles. The SMILES string of the molecule is C=CCOC(=O)Nc1ncccc1C(=O)O. The van der Waals surface area contributed by atoms with Crippen LogP contribution in [0.2, 0.25) is 0 Å². The summed E-state index contributed by atoms with van der Waals surface area (Å²) in [5.41, 5.74) is -0.0990. The molecule has 0 aliphatic heterocycles. The van der Waals surface area contributed by atoms with Crippen LogP contribution in [-0.4, -0.2) is 28.8 Å². The number of carbonyl (C=O) groups excluding carboxylic acids is 1. The fraction of sp³-hybridized carbons (Fsp3) is 0.100. The largest absolute Gasteiger partial charge is 0.478 e. The van der Waals surface area contributed by atoms with Gasteiger partial charge in [0.1, 0.15) is 18.0 Å². The lowest BCUT2D eigenvalue weighted by Gasteiger charge is -2.06. The van der Waals surface area contributed by atoms with E-state index in [1.165, 1.54) is 24.4 Å². The molecule has 0 aromatic carbocycles. The Bertz CT molecular complexity index is 417. The van der Waals surface area contributed by atoms with E-state index in [2.05, 4.69) is 21.6 Å². The maximum absolute atomic E-state index is 11.1. The van der Waals surface area contributed by atoms with Crippen molar-refractivity contribution in [3.8, 4) is 0 Å². The van der Waals surface area contributed by atoms with Gasteiger partial charge in [-0.05, 0) is 12.1 Å². The molecule has 1 amide bonds. The molecule has 6 nitrogen and oxygen atoms in total. The normalized spacial score (nSPS) is 9.25. The summed E-state index contributed by atoms with van der Waals surface area (Å²) in [6.07, 6.45) is 1.99. The van der Waals surface area contributed by atoms with Crippen molar-refractivity contribution in [1.82, 2.24) is 4.98 Å². The van der Waals surface area contributed by atoms with E-state index in [-0.39, 0.29) is 18.0 Å². The molecule has 1 aromatic heterocycles. The predicted octanol–water partition coefficient (Wildman–Crippen LogP) is 1.51. The van der Waals surface area contributed by atoms with Crippen LogP contribution in [0.5, 0.6) is 0 Å². The highest BCUT2D eigenvalue weighted by Gasteiger charge is 2.13. The van der Waals surface area contributed by atoms with Crippen LogP contribution in [0.1, 0.15) is 10.4 Å². The minimum atomic E-state index is -1.17. The second-order valence-corrected chi connectivity index (χ2v) is 2.72. The van der Waals surface area contributed by atoms with Gasteiger partial charge in [-0.25, -0.2) is 14.6 Å². The lowest BCUT2D eigenvalue weighted by Crippen LogP contribution is -2.17. The van der Waals surface area contributed by atoms with E-state index in [1.807, 2.05) is 0 Å². The van der Waals surface area contributed by atoms with Crippen molar-refractivity contribution in [2.45, 2.75) is 0 Å². The number of aromatic nitrogens is 1. The fourth-order valence-electron chi connectivity index (χ4n) is 0.945. The number of pyridine rings is 1. The Balaban J connectivity index is 2.76. The lowest BCUT2D eigenvalue weighted by molar-refractivity contribution is 0.0697. The number of anilines is 1. The minimum absolute atomic E-state index is 0.0427. The third kappa shape index (κ3) is 3.09. The first-order valence-electron chi connectivity index (χ1n) is 4.38. The Morgan fingerprint density at radius 1 is 1.62 bits per heavy atom. The molecule has 0 aliphatic rings. The number of rotatable bonds is 4. The van der Waals surface area contributed by atoms with Gasteiger partial charge in [-0.15, -0.1) is 0 Å². The van der Waals surface area contributed by atoms with Crippen LogP contribution in [-0.2, 0) is 4.74 Å². The standard InChI is InChI=1S/C10H10N2O4/c1-2-6-16-10(15)12-8-7(9(13)14)4-3-5-11-8/h2-5H,1,6H2,(H,13,14)(H,11,12,15). The topological polar surface area (TPSA) is 88.5 Å². The lowest BCUT2D eigenvalue weighted by atomic mass is 10.2. The summed E-state index contributed by atoms with van der Waals surface area (Å²) in [6, 6.07) is 2.79. The number of hydrogen-bond acceptors (Lipinski definition) is 4. The number of amides is 1. The van der Waals surface area contributed by atoms with Crippen molar-refractivity contribution in [2.24, 2.45) is 0 Å². The van der Waals surface area contributed by atoms with Gasteiger partial charge in [0.25, 0.3) is 0 Å². The van der Waals surface area contributed by atoms with Gasteiger partial charge in [0.05, 0.1) is 0 Å². The van der Waals surface area contributed by atoms with Crippen molar-refractivity contribution in [1.29, 1.82) is 0 Å². The molecule has 0 saturated carbocycles. The Hall–Kier alpha value is -2.37. The van der Waals surface area contributed by atoms with Gasteiger partial charge in [-0.1, -0.05) is 12.7 Å². The second kappa shape index (κ2) is 5.50. The van der Waals surface area contributed by atoms with Gasteiger partial charge in [0.15, 0.2) is 0 Å². The van der Waals surface area contributed by atoms with Crippen LogP contribution in [0, 0.1) is 0 Å². The molecule has 0 spiro atoms. The maximum Gasteiger partial charge on any atom is 0.413 e. The summed E-state index contributed by atoms with van der Waals surface area (Å²) >= 11 is 0. The molecule has 0 unspecified atom stereocenters. The quantitative estimate of drug-likeness (QED) is 0.754. The van der Waals surface area contributed by atoms with Gasteiger partial charge in [-0.2, -0.15) is 0 Å². The molecule has 0 saturated heterocycles. The van der Waals surface area contributed by atoms with Gasteiger partial charge >= 0.3 is 12.1 Å². The fourth-order valence-corrected chi connectivity index (χ4v) is 0.945. The van der Waals surface area contributed by atoms with Crippen molar-refractivity contribution in [3.05, 3.63) is 36.5 Å². The molecule has 6 heteroatoms. The van der Waals surface area contributed by atoms with E-state index < -0.39 is 12.1 Å². The number of carboxylic acid groups (broad SMARTS) is 1. The minimum Gasteiger partial charge on any atom is -0.478 e. The van der Waals surface area contributed by atoms with E-state index in [4.69, 9.17) is 5.11 Å². The average molecular weight is 222 g/mol. The molecular formula is C10H10N2O4. The highest BCUT2D eigenvalue weighted by atomic mass is 16.5. The number of hydrogen-bond donors (Lipinski definition) is 2. The number of carboxylic acids is 1. The highest BCUT2D eigenvalue weighted by Crippen LogP contribution is 2.11. The monoisotopic (exact) mass is 222 g/mol. The van der Waals surface area contributed by atoms with E-state index in [0.29, 0.717) is 0 Å². The zero-order chi connectivity index (χ0) is 12.0. The van der Waals surface area contributed by atoms with E-state index in [9.17, 15) is 9.59 Å². The predicted molar refractivity (Wildman–Crippen MR) is 56.4 cm³/mol. The molecule has 1 rings (SSSR count). The first kappa shape index (κ1) is 11.7. The van der Waals surface area contributed by atoms with Crippen LogP contribution in [0.4, 0.5) is 10.6 Å². The van der Waals surface area contributed by atoms with Crippen LogP contribution in [0.15, 0.2) is 31.0 Å². The van der Waals surface area contributed by atoms with Gasteiger partial charge < -0.3 is 9.84 Å². The first-order chi connectivity index (χ1) is 7.65. The number of carbonyl (C=O) groups is 2. The van der Waals surface area contributed by atoms with Crippen molar-refractivity contribution in [2.75, 3.05) is 11.9 Å². The molecule has 0 fully saturated rings. The number of nitrogens with one attached hydrogen (secondary N) is 1. The summed E-state index contributed by atoms with van der Waals surface area (Å²) in [6.45, 7) is 3.41. The molecule has 2 N–H and O–H groups in total.